The van der Waals surface area contributed by atoms with Gasteiger partial charge in [-0.15, -0.1) is 5.10 Å². The molecule has 1 fully saturated rings. The summed E-state index contributed by atoms with van der Waals surface area (Å²) in [6.07, 6.45) is 2.57. The van der Waals surface area contributed by atoms with Gasteiger partial charge in [-0.3, -0.25) is 4.68 Å². The van der Waals surface area contributed by atoms with Crippen LogP contribution in [0.15, 0.2) is 0 Å². The maximum Gasteiger partial charge on any atom is 0.319 e. The Morgan fingerprint density at radius 3 is 2.81 bits per heavy atom. The highest BCUT2D eigenvalue weighted by molar-refractivity contribution is 5.74. The summed E-state index contributed by atoms with van der Waals surface area (Å²) >= 11 is 0. The normalized spacial score (nSPS) is 21.3. The fourth-order valence-corrected chi connectivity index (χ4v) is 2.84. The maximum atomic E-state index is 12.2. The minimum absolute atomic E-state index is 0.0125. The van der Waals surface area contributed by atoms with Crippen LogP contribution in [-0.4, -0.2) is 64.7 Å². The van der Waals surface area contributed by atoms with Crippen molar-refractivity contribution in [3.8, 4) is 0 Å². The molecular weight excluding hydrogens is 270 g/mol. The van der Waals surface area contributed by atoms with Crippen LogP contribution in [0, 0.1) is 5.92 Å². The molecule has 0 aromatic carbocycles. The average molecular weight is 293 g/mol. The molecule has 3 rings (SSSR count). The summed E-state index contributed by atoms with van der Waals surface area (Å²) in [5, 5.41) is 8.30. The predicted molar refractivity (Wildman–Crippen MR) is 76.8 cm³/mol. The van der Waals surface area contributed by atoms with E-state index in [-0.39, 0.29) is 11.9 Å². The number of amides is 2. The van der Waals surface area contributed by atoms with Crippen LogP contribution in [0.4, 0.5) is 4.79 Å². The van der Waals surface area contributed by atoms with Gasteiger partial charge in [0.05, 0.1) is 18.8 Å². The minimum atomic E-state index is 0.0125. The second kappa shape index (κ2) is 5.63. The highest BCUT2D eigenvalue weighted by Gasteiger charge is 2.33. The first-order valence-corrected chi connectivity index (χ1v) is 7.48. The minimum Gasteiger partial charge on any atom is -0.380 e. The van der Waals surface area contributed by atoms with Gasteiger partial charge in [-0.25, -0.2) is 4.79 Å². The molecule has 1 aliphatic carbocycles. The monoisotopic (exact) mass is 293 g/mol. The Labute approximate surface area is 124 Å². The molecule has 0 radical (unpaired) electrons. The standard InChI is InChI=1S/C14H23N5O2/c1-17(2)14(20)19-6-11(9-21-8-10-4-5-10)13-12(7-19)15-16-18(13)3/h10-11H,4-9H2,1-3H3/t11-/m1/s1. The Bertz CT molecular complexity index is 523. The molecule has 0 bridgehead atoms. The fraction of sp³-hybridized carbons (Fsp3) is 0.786. The van der Waals surface area contributed by atoms with Gasteiger partial charge in [-0.1, -0.05) is 5.21 Å². The smallest absolute Gasteiger partial charge is 0.319 e. The third-order valence-electron chi connectivity index (χ3n) is 4.13. The second-order valence-corrected chi connectivity index (χ2v) is 6.28. The molecule has 7 heteroatoms. The Morgan fingerprint density at radius 1 is 1.38 bits per heavy atom. The van der Waals surface area contributed by atoms with Crippen molar-refractivity contribution in [2.45, 2.75) is 25.3 Å². The Morgan fingerprint density at radius 2 is 2.14 bits per heavy atom. The van der Waals surface area contributed by atoms with Crippen molar-refractivity contribution in [1.82, 2.24) is 24.8 Å². The number of fused-ring (bicyclic) bond motifs is 1. The van der Waals surface area contributed by atoms with Gasteiger partial charge in [-0.2, -0.15) is 0 Å². The van der Waals surface area contributed by atoms with E-state index in [0.717, 1.165) is 23.9 Å². The van der Waals surface area contributed by atoms with Crippen LogP contribution in [-0.2, 0) is 18.3 Å². The Kier molecular flexibility index (Phi) is 3.84. The van der Waals surface area contributed by atoms with Gasteiger partial charge in [0.1, 0.15) is 5.69 Å². The first-order chi connectivity index (χ1) is 10.1. The van der Waals surface area contributed by atoms with Crippen molar-refractivity contribution >= 4 is 6.03 Å². The highest BCUT2D eigenvalue weighted by Crippen LogP contribution is 2.31. The molecule has 2 amide bonds. The summed E-state index contributed by atoms with van der Waals surface area (Å²) in [5.74, 6) is 0.897. The molecule has 0 unspecified atom stereocenters. The summed E-state index contributed by atoms with van der Waals surface area (Å²) in [6.45, 7) is 2.65. The Hall–Kier alpha value is -1.63. The molecule has 1 aliphatic heterocycles. The third-order valence-corrected chi connectivity index (χ3v) is 4.13. The lowest BCUT2D eigenvalue weighted by atomic mass is 9.99. The third kappa shape index (κ3) is 3.02. The molecule has 116 valence electrons. The van der Waals surface area contributed by atoms with Gasteiger partial charge >= 0.3 is 6.03 Å². The Balaban J connectivity index is 1.72. The van der Waals surface area contributed by atoms with Crippen LogP contribution in [0.3, 0.4) is 0 Å². The van der Waals surface area contributed by atoms with Crippen LogP contribution in [0.1, 0.15) is 30.1 Å². The maximum absolute atomic E-state index is 12.2. The van der Waals surface area contributed by atoms with Crippen LogP contribution in [0.2, 0.25) is 0 Å². The van der Waals surface area contributed by atoms with Crippen molar-refractivity contribution in [2.75, 3.05) is 33.9 Å². The van der Waals surface area contributed by atoms with Gasteiger partial charge in [0.25, 0.3) is 0 Å². The lowest BCUT2D eigenvalue weighted by molar-refractivity contribution is 0.0895. The zero-order chi connectivity index (χ0) is 15.0. The summed E-state index contributed by atoms with van der Waals surface area (Å²) in [4.78, 5) is 15.6. The van der Waals surface area contributed by atoms with Crippen molar-refractivity contribution in [3.63, 3.8) is 0 Å². The first-order valence-electron chi connectivity index (χ1n) is 7.48. The van der Waals surface area contributed by atoms with Gasteiger partial charge in [0.2, 0.25) is 0 Å². The number of nitrogens with zero attached hydrogens (tertiary/aromatic N) is 5. The van der Waals surface area contributed by atoms with E-state index in [9.17, 15) is 4.79 Å². The summed E-state index contributed by atoms with van der Waals surface area (Å²) in [5.41, 5.74) is 1.99. The highest BCUT2D eigenvalue weighted by atomic mass is 16.5. The number of aromatic nitrogens is 3. The topological polar surface area (TPSA) is 63.5 Å². The molecule has 1 aromatic rings. The first kappa shape index (κ1) is 14.3. The van der Waals surface area contributed by atoms with Gasteiger partial charge < -0.3 is 14.5 Å². The number of hydrogen-bond donors (Lipinski definition) is 0. The molecule has 2 aliphatic rings. The molecular formula is C14H23N5O2. The van der Waals surface area contributed by atoms with Gasteiger partial charge in [0.15, 0.2) is 0 Å². The van der Waals surface area contributed by atoms with Gasteiger partial charge in [-0.05, 0) is 18.8 Å². The van der Waals surface area contributed by atoms with Crippen LogP contribution >= 0.6 is 0 Å². The number of carbonyl (C=O) groups excluding carboxylic acids is 1. The molecule has 0 saturated heterocycles. The molecule has 0 spiro atoms. The number of rotatable bonds is 4. The zero-order valence-electron chi connectivity index (χ0n) is 12.9. The van der Waals surface area contributed by atoms with E-state index in [0.29, 0.717) is 19.7 Å². The number of ether oxygens (including phenoxy) is 1. The molecule has 0 N–H and O–H groups in total. The van der Waals surface area contributed by atoms with Gasteiger partial charge in [0, 0.05) is 40.2 Å². The molecule has 1 saturated carbocycles. The van der Waals surface area contributed by atoms with E-state index in [1.165, 1.54) is 12.8 Å². The predicted octanol–water partition coefficient (Wildman–Crippen LogP) is 0.822. The van der Waals surface area contributed by atoms with Crippen LogP contribution in [0.25, 0.3) is 0 Å². The van der Waals surface area contributed by atoms with E-state index < -0.39 is 0 Å². The van der Waals surface area contributed by atoms with Crippen molar-refractivity contribution in [1.29, 1.82) is 0 Å². The lowest BCUT2D eigenvalue weighted by Gasteiger charge is -2.33. The van der Waals surface area contributed by atoms with Crippen LogP contribution < -0.4 is 0 Å². The van der Waals surface area contributed by atoms with E-state index in [4.69, 9.17) is 4.74 Å². The van der Waals surface area contributed by atoms with Crippen molar-refractivity contribution in [3.05, 3.63) is 11.4 Å². The van der Waals surface area contributed by atoms with Crippen molar-refractivity contribution < 1.29 is 9.53 Å². The zero-order valence-corrected chi connectivity index (χ0v) is 12.9. The largest absolute Gasteiger partial charge is 0.380 e. The number of aryl methyl sites for hydroxylation is 1. The second-order valence-electron chi connectivity index (χ2n) is 6.28. The molecule has 7 nitrogen and oxygen atoms in total. The van der Waals surface area contributed by atoms with Crippen molar-refractivity contribution in [2.24, 2.45) is 13.0 Å². The van der Waals surface area contributed by atoms with E-state index in [1.807, 2.05) is 16.6 Å². The number of hydrogen-bond acceptors (Lipinski definition) is 4. The summed E-state index contributed by atoms with van der Waals surface area (Å²) < 4.78 is 7.66. The number of carbonyl (C=O) groups is 1. The van der Waals surface area contributed by atoms with E-state index in [1.54, 1.807) is 19.0 Å². The molecule has 1 atom stereocenters. The lowest BCUT2D eigenvalue weighted by Crippen LogP contribution is -2.44. The molecule has 1 aromatic heterocycles. The van der Waals surface area contributed by atoms with Crippen LogP contribution in [0.5, 0.6) is 0 Å². The quantitative estimate of drug-likeness (QED) is 0.824. The number of urea groups is 1. The molecule has 2 heterocycles. The SMILES string of the molecule is CN(C)C(=O)N1Cc2nnn(C)c2[C@@H](COCC2CC2)C1. The fourth-order valence-electron chi connectivity index (χ4n) is 2.84. The average Bonchev–Trinajstić information content (AvgIpc) is 3.20. The van der Waals surface area contributed by atoms with E-state index in [2.05, 4.69) is 10.3 Å². The summed E-state index contributed by atoms with van der Waals surface area (Å²) in [6, 6.07) is 0.0125. The molecule has 21 heavy (non-hydrogen) atoms. The van der Waals surface area contributed by atoms with E-state index >= 15 is 0 Å². The summed E-state index contributed by atoms with van der Waals surface area (Å²) in [7, 11) is 5.45.